The molecule has 1 N–H and O–H groups in total. The van der Waals surface area contributed by atoms with E-state index in [1.807, 2.05) is 6.07 Å². The number of hydrogen-bond acceptors (Lipinski definition) is 3. The lowest BCUT2D eigenvalue weighted by Gasteiger charge is -2.22. The Balaban J connectivity index is 1.81. The van der Waals surface area contributed by atoms with Crippen molar-refractivity contribution in [3.05, 3.63) is 29.3 Å². The van der Waals surface area contributed by atoms with Crippen molar-refractivity contribution in [3.8, 4) is 5.75 Å². The van der Waals surface area contributed by atoms with E-state index in [9.17, 15) is 5.11 Å². The van der Waals surface area contributed by atoms with E-state index >= 15 is 0 Å². The first-order valence-corrected chi connectivity index (χ1v) is 7.38. The van der Waals surface area contributed by atoms with Crippen molar-refractivity contribution in [2.75, 3.05) is 26.2 Å². The van der Waals surface area contributed by atoms with Crippen LogP contribution < -0.4 is 4.74 Å². The lowest BCUT2D eigenvalue weighted by molar-refractivity contribution is 0.0716. The van der Waals surface area contributed by atoms with Gasteiger partial charge in [-0.25, -0.2) is 0 Å². The van der Waals surface area contributed by atoms with Gasteiger partial charge in [0.15, 0.2) is 0 Å². The van der Waals surface area contributed by atoms with Gasteiger partial charge in [0.05, 0.1) is 0 Å². The standard InChI is InChI=1S/C16H25NO2/c1-3-17(4-2)11-15(18)12-19-16-9-8-13-6-5-7-14(13)10-16/h8-10,15,18H,3-7,11-12H2,1-2H3/t15-/m1/s1. The number of fused-ring (bicyclic) bond motifs is 1. The maximum atomic E-state index is 9.97. The molecule has 1 aliphatic carbocycles. The van der Waals surface area contributed by atoms with Crippen LogP contribution in [0.3, 0.4) is 0 Å². The number of aliphatic hydroxyl groups excluding tert-OH is 1. The third-order valence-electron chi connectivity index (χ3n) is 3.88. The fourth-order valence-corrected chi connectivity index (χ4v) is 2.66. The van der Waals surface area contributed by atoms with E-state index in [0.717, 1.165) is 25.3 Å². The van der Waals surface area contributed by atoms with E-state index in [1.54, 1.807) is 0 Å². The quantitative estimate of drug-likeness (QED) is 0.819. The number of likely N-dealkylation sites (N-methyl/N-ethyl adjacent to an activating group) is 1. The lowest BCUT2D eigenvalue weighted by atomic mass is 10.1. The van der Waals surface area contributed by atoms with Crippen LogP contribution in [0.4, 0.5) is 0 Å². The molecule has 0 saturated carbocycles. The molecular formula is C16H25NO2. The van der Waals surface area contributed by atoms with Gasteiger partial charge >= 0.3 is 0 Å². The monoisotopic (exact) mass is 263 g/mol. The Morgan fingerprint density at radius 1 is 1.21 bits per heavy atom. The lowest BCUT2D eigenvalue weighted by Crippen LogP contribution is -2.35. The van der Waals surface area contributed by atoms with Crippen molar-refractivity contribution >= 4 is 0 Å². The molecule has 0 bridgehead atoms. The van der Waals surface area contributed by atoms with Gasteiger partial charge in [-0.1, -0.05) is 19.9 Å². The Bertz CT molecular complexity index is 402. The molecule has 19 heavy (non-hydrogen) atoms. The Labute approximate surface area is 116 Å². The summed E-state index contributed by atoms with van der Waals surface area (Å²) in [7, 11) is 0. The van der Waals surface area contributed by atoms with Gasteiger partial charge in [0.2, 0.25) is 0 Å². The third-order valence-corrected chi connectivity index (χ3v) is 3.88. The highest BCUT2D eigenvalue weighted by Gasteiger charge is 2.13. The second kappa shape index (κ2) is 6.92. The molecule has 1 aliphatic rings. The molecule has 1 aromatic rings. The van der Waals surface area contributed by atoms with E-state index in [0.29, 0.717) is 13.2 Å². The fourth-order valence-electron chi connectivity index (χ4n) is 2.66. The highest BCUT2D eigenvalue weighted by molar-refractivity contribution is 5.38. The van der Waals surface area contributed by atoms with Gasteiger partial charge in [-0.2, -0.15) is 0 Å². The summed E-state index contributed by atoms with van der Waals surface area (Å²) in [5, 5.41) is 9.97. The van der Waals surface area contributed by atoms with Crippen molar-refractivity contribution in [1.29, 1.82) is 0 Å². The molecular weight excluding hydrogens is 238 g/mol. The van der Waals surface area contributed by atoms with Crippen molar-refractivity contribution in [2.45, 2.75) is 39.2 Å². The maximum Gasteiger partial charge on any atom is 0.119 e. The first kappa shape index (κ1) is 14.4. The Morgan fingerprint density at radius 3 is 2.68 bits per heavy atom. The molecule has 0 spiro atoms. The molecule has 3 nitrogen and oxygen atoms in total. The largest absolute Gasteiger partial charge is 0.491 e. The van der Waals surface area contributed by atoms with Crippen molar-refractivity contribution in [3.63, 3.8) is 0 Å². The Morgan fingerprint density at radius 2 is 1.95 bits per heavy atom. The van der Waals surface area contributed by atoms with Crippen LogP contribution in [0.5, 0.6) is 5.75 Å². The number of benzene rings is 1. The fraction of sp³-hybridized carbons (Fsp3) is 0.625. The van der Waals surface area contributed by atoms with Crippen LogP contribution >= 0.6 is 0 Å². The van der Waals surface area contributed by atoms with Gasteiger partial charge in [-0.15, -0.1) is 0 Å². The van der Waals surface area contributed by atoms with E-state index < -0.39 is 6.10 Å². The van der Waals surface area contributed by atoms with Crippen molar-refractivity contribution in [2.24, 2.45) is 0 Å². The van der Waals surface area contributed by atoms with E-state index in [2.05, 4.69) is 30.9 Å². The van der Waals surface area contributed by atoms with Crippen molar-refractivity contribution < 1.29 is 9.84 Å². The van der Waals surface area contributed by atoms with Gasteiger partial charge < -0.3 is 14.7 Å². The first-order chi connectivity index (χ1) is 9.22. The predicted octanol–water partition coefficient (Wildman–Crippen LogP) is 2.26. The van der Waals surface area contributed by atoms with Crippen LogP contribution in [0, 0.1) is 0 Å². The van der Waals surface area contributed by atoms with Crippen LogP contribution in [-0.4, -0.2) is 42.4 Å². The highest BCUT2D eigenvalue weighted by Crippen LogP contribution is 2.26. The van der Waals surface area contributed by atoms with E-state index in [-0.39, 0.29) is 0 Å². The minimum Gasteiger partial charge on any atom is -0.491 e. The minimum atomic E-state index is -0.423. The topological polar surface area (TPSA) is 32.7 Å². The summed E-state index contributed by atoms with van der Waals surface area (Å²) in [6.45, 7) is 7.20. The second-order valence-electron chi connectivity index (χ2n) is 5.23. The summed E-state index contributed by atoms with van der Waals surface area (Å²) in [5.41, 5.74) is 2.87. The SMILES string of the molecule is CCN(CC)C[C@@H](O)COc1ccc2c(c1)CCC2. The summed E-state index contributed by atoms with van der Waals surface area (Å²) in [4.78, 5) is 2.21. The summed E-state index contributed by atoms with van der Waals surface area (Å²) in [6.07, 6.45) is 3.19. The number of rotatable bonds is 7. The van der Waals surface area contributed by atoms with Crippen LogP contribution in [0.2, 0.25) is 0 Å². The molecule has 0 heterocycles. The maximum absolute atomic E-state index is 9.97. The molecule has 0 radical (unpaired) electrons. The average Bonchev–Trinajstić information content (AvgIpc) is 2.89. The summed E-state index contributed by atoms with van der Waals surface area (Å²) in [6, 6.07) is 6.31. The minimum absolute atomic E-state index is 0.370. The van der Waals surface area contributed by atoms with Crippen LogP contribution in [0.1, 0.15) is 31.4 Å². The Kier molecular flexibility index (Phi) is 5.23. The smallest absolute Gasteiger partial charge is 0.119 e. The third kappa shape index (κ3) is 3.95. The predicted molar refractivity (Wildman–Crippen MR) is 77.8 cm³/mol. The van der Waals surface area contributed by atoms with Gasteiger partial charge in [0.25, 0.3) is 0 Å². The van der Waals surface area contributed by atoms with E-state index in [4.69, 9.17) is 4.74 Å². The van der Waals surface area contributed by atoms with Gasteiger partial charge in [-0.05, 0) is 55.6 Å². The summed E-state index contributed by atoms with van der Waals surface area (Å²) >= 11 is 0. The number of aryl methyl sites for hydroxylation is 2. The van der Waals surface area contributed by atoms with Gasteiger partial charge in [0.1, 0.15) is 18.5 Å². The average molecular weight is 263 g/mol. The molecule has 0 aromatic heterocycles. The number of nitrogens with zero attached hydrogens (tertiary/aromatic N) is 1. The zero-order chi connectivity index (χ0) is 13.7. The summed E-state index contributed by atoms with van der Waals surface area (Å²) < 4.78 is 5.71. The molecule has 3 heteroatoms. The van der Waals surface area contributed by atoms with E-state index in [1.165, 1.54) is 24.0 Å². The molecule has 2 rings (SSSR count). The molecule has 0 unspecified atom stereocenters. The van der Waals surface area contributed by atoms with Crippen LogP contribution in [-0.2, 0) is 12.8 Å². The normalized spacial score (nSPS) is 15.6. The van der Waals surface area contributed by atoms with Crippen LogP contribution in [0.25, 0.3) is 0 Å². The number of hydrogen-bond donors (Lipinski definition) is 1. The van der Waals surface area contributed by atoms with Gasteiger partial charge in [-0.3, -0.25) is 0 Å². The van der Waals surface area contributed by atoms with Crippen molar-refractivity contribution in [1.82, 2.24) is 4.90 Å². The molecule has 0 fully saturated rings. The second-order valence-corrected chi connectivity index (χ2v) is 5.23. The van der Waals surface area contributed by atoms with Crippen LogP contribution in [0.15, 0.2) is 18.2 Å². The van der Waals surface area contributed by atoms with Gasteiger partial charge in [0, 0.05) is 6.54 Å². The number of aliphatic hydroxyl groups is 1. The Hall–Kier alpha value is -1.06. The number of ether oxygens (including phenoxy) is 1. The molecule has 0 aliphatic heterocycles. The molecule has 1 atom stereocenters. The first-order valence-electron chi connectivity index (χ1n) is 7.38. The molecule has 0 amide bonds. The molecule has 106 valence electrons. The highest BCUT2D eigenvalue weighted by atomic mass is 16.5. The summed E-state index contributed by atoms with van der Waals surface area (Å²) in [5.74, 6) is 0.888. The molecule has 1 aromatic carbocycles. The zero-order valence-corrected chi connectivity index (χ0v) is 12.1. The molecule has 0 saturated heterocycles. The zero-order valence-electron chi connectivity index (χ0n) is 12.1.